The van der Waals surface area contributed by atoms with E-state index >= 15 is 0 Å². The van der Waals surface area contributed by atoms with Gasteiger partial charge in [-0.2, -0.15) is 0 Å². The molecule has 0 unspecified atom stereocenters. The van der Waals surface area contributed by atoms with Gasteiger partial charge < -0.3 is 15.3 Å². The number of amides is 1. The Hall–Kier alpha value is -0.610. The van der Waals surface area contributed by atoms with Gasteiger partial charge >= 0.3 is 0 Å². The zero-order chi connectivity index (χ0) is 12.1. The van der Waals surface area contributed by atoms with Crippen molar-refractivity contribution in [3.8, 4) is 0 Å². The minimum Gasteiger partial charge on any atom is -0.395 e. The highest BCUT2D eigenvalue weighted by atomic mass is 16.3. The predicted octanol–water partition coefficient (Wildman–Crippen LogP) is 0.749. The second-order valence-electron chi connectivity index (χ2n) is 5.24. The van der Waals surface area contributed by atoms with Crippen molar-refractivity contribution < 1.29 is 9.90 Å². The van der Waals surface area contributed by atoms with Crippen LogP contribution in [0.3, 0.4) is 0 Å². The molecule has 1 amide bonds. The van der Waals surface area contributed by atoms with Crippen molar-refractivity contribution in [2.45, 2.75) is 44.6 Å². The SMILES string of the molecule is O=C([C@H]1CCCNC1)N(CCO)C1CCCC1. The second kappa shape index (κ2) is 6.36. The Morgan fingerprint density at radius 2 is 2.00 bits per heavy atom. The van der Waals surface area contributed by atoms with Crippen molar-refractivity contribution in [3.05, 3.63) is 0 Å². The Morgan fingerprint density at radius 3 is 2.59 bits per heavy atom. The van der Waals surface area contributed by atoms with Crippen LogP contribution in [0.25, 0.3) is 0 Å². The van der Waals surface area contributed by atoms with Crippen LogP contribution in [-0.4, -0.2) is 48.2 Å². The van der Waals surface area contributed by atoms with Crippen molar-refractivity contribution in [2.75, 3.05) is 26.2 Å². The standard InChI is InChI=1S/C13H24N2O2/c16-9-8-15(12-5-1-2-6-12)13(17)11-4-3-7-14-10-11/h11-12,14,16H,1-10H2/t11-/m0/s1. The first-order chi connectivity index (χ1) is 8.33. The van der Waals surface area contributed by atoms with Gasteiger partial charge in [-0.1, -0.05) is 12.8 Å². The van der Waals surface area contributed by atoms with E-state index in [1.54, 1.807) is 0 Å². The largest absolute Gasteiger partial charge is 0.395 e. The number of carbonyl (C=O) groups excluding carboxylic acids is 1. The number of rotatable bonds is 4. The molecule has 4 heteroatoms. The molecule has 1 aliphatic heterocycles. The number of nitrogens with one attached hydrogen (secondary N) is 1. The molecule has 1 saturated carbocycles. The van der Waals surface area contributed by atoms with Gasteiger partial charge in [-0.3, -0.25) is 4.79 Å². The first-order valence-electron chi connectivity index (χ1n) is 6.95. The highest BCUT2D eigenvalue weighted by molar-refractivity contribution is 5.79. The Labute approximate surface area is 103 Å². The van der Waals surface area contributed by atoms with Gasteiger partial charge in [0.05, 0.1) is 12.5 Å². The van der Waals surface area contributed by atoms with Crippen LogP contribution in [0.4, 0.5) is 0 Å². The van der Waals surface area contributed by atoms with Crippen LogP contribution in [0, 0.1) is 5.92 Å². The number of hydrogen-bond acceptors (Lipinski definition) is 3. The molecule has 4 nitrogen and oxygen atoms in total. The average molecular weight is 240 g/mol. The van der Waals surface area contributed by atoms with E-state index in [0.29, 0.717) is 12.6 Å². The smallest absolute Gasteiger partial charge is 0.227 e. The van der Waals surface area contributed by atoms with Crippen LogP contribution in [0.15, 0.2) is 0 Å². The number of piperidine rings is 1. The van der Waals surface area contributed by atoms with E-state index in [0.717, 1.165) is 38.8 Å². The Morgan fingerprint density at radius 1 is 1.24 bits per heavy atom. The molecule has 2 N–H and O–H groups in total. The van der Waals surface area contributed by atoms with E-state index in [9.17, 15) is 4.79 Å². The topological polar surface area (TPSA) is 52.6 Å². The number of aliphatic hydroxyl groups is 1. The molecule has 17 heavy (non-hydrogen) atoms. The van der Waals surface area contributed by atoms with E-state index in [1.165, 1.54) is 12.8 Å². The lowest BCUT2D eigenvalue weighted by atomic mass is 9.97. The summed E-state index contributed by atoms with van der Waals surface area (Å²) in [5.41, 5.74) is 0. The van der Waals surface area contributed by atoms with Gasteiger partial charge in [0.15, 0.2) is 0 Å². The summed E-state index contributed by atoms with van der Waals surface area (Å²) in [5, 5.41) is 12.4. The van der Waals surface area contributed by atoms with E-state index in [1.807, 2.05) is 4.90 Å². The summed E-state index contributed by atoms with van der Waals surface area (Å²) in [4.78, 5) is 14.4. The van der Waals surface area contributed by atoms with Gasteiger partial charge in [0.25, 0.3) is 0 Å². The lowest BCUT2D eigenvalue weighted by molar-refractivity contribution is -0.139. The summed E-state index contributed by atoms with van der Waals surface area (Å²) in [6.07, 6.45) is 6.78. The van der Waals surface area contributed by atoms with E-state index in [-0.39, 0.29) is 18.4 Å². The first kappa shape index (κ1) is 12.8. The highest BCUT2D eigenvalue weighted by Crippen LogP contribution is 2.25. The zero-order valence-corrected chi connectivity index (χ0v) is 10.5. The molecule has 0 aromatic carbocycles. The molecule has 98 valence electrons. The Kier molecular flexibility index (Phi) is 4.80. The Balaban J connectivity index is 1.95. The Bertz CT molecular complexity index is 246. The number of carbonyl (C=O) groups is 1. The van der Waals surface area contributed by atoms with Crippen LogP contribution in [-0.2, 0) is 4.79 Å². The lowest BCUT2D eigenvalue weighted by Crippen LogP contribution is -2.47. The number of nitrogens with zero attached hydrogens (tertiary/aromatic N) is 1. The molecule has 1 heterocycles. The van der Waals surface area contributed by atoms with E-state index in [4.69, 9.17) is 5.11 Å². The lowest BCUT2D eigenvalue weighted by Gasteiger charge is -2.33. The molecule has 0 aromatic rings. The maximum Gasteiger partial charge on any atom is 0.227 e. The molecule has 0 radical (unpaired) electrons. The van der Waals surface area contributed by atoms with Crippen molar-refractivity contribution >= 4 is 5.91 Å². The van der Waals surface area contributed by atoms with Gasteiger partial charge in [0.2, 0.25) is 5.91 Å². The van der Waals surface area contributed by atoms with Crippen LogP contribution in [0.5, 0.6) is 0 Å². The molecular formula is C13H24N2O2. The third-order valence-electron chi connectivity index (χ3n) is 4.04. The zero-order valence-electron chi connectivity index (χ0n) is 10.5. The van der Waals surface area contributed by atoms with Crippen LogP contribution >= 0.6 is 0 Å². The van der Waals surface area contributed by atoms with Crippen molar-refractivity contribution in [3.63, 3.8) is 0 Å². The van der Waals surface area contributed by atoms with Crippen LogP contribution in [0.1, 0.15) is 38.5 Å². The summed E-state index contributed by atoms with van der Waals surface area (Å²) in [6, 6.07) is 0.386. The molecule has 2 fully saturated rings. The molecular weight excluding hydrogens is 216 g/mol. The fraction of sp³-hybridized carbons (Fsp3) is 0.923. The monoisotopic (exact) mass is 240 g/mol. The summed E-state index contributed by atoms with van der Waals surface area (Å²) in [5.74, 6) is 0.397. The maximum absolute atomic E-state index is 12.5. The first-order valence-corrected chi connectivity index (χ1v) is 6.95. The molecule has 1 saturated heterocycles. The van der Waals surface area contributed by atoms with Gasteiger partial charge in [-0.15, -0.1) is 0 Å². The third-order valence-corrected chi connectivity index (χ3v) is 4.04. The van der Waals surface area contributed by atoms with Crippen LogP contribution < -0.4 is 5.32 Å². The molecule has 0 bridgehead atoms. The van der Waals surface area contributed by atoms with Crippen molar-refractivity contribution in [1.29, 1.82) is 0 Å². The second-order valence-corrected chi connectivity index (χ2v) is 5.24. The maximum atomic E-state index is 12.5. The molecule has 0 spiro atoms. The fourth-order valence-electron chi connectivity index (χ4n) is 3.09. The van der Waals surface area contributed by atoms with Crippen molar-refractivity contribution in [1.82, 2.24) is 10.2 Å². The van der Waals surface area contributed by atoms with E-state index < -0.39 is 0 Å². The van der Waals surface area contributed by atoms with Crippen molar-refractivity contribution in [2.24, 2.45) is 5.92 Å². The summed E-state index contributed by atoms with van der Waals surface area (Å²) in [7, 11) is 0. The number of hydrogen-bond donors (Lipinski definition) is 2. The van der Waals surface area contributed by atoms with Gasteiger partial charge in [0, 0.05) is 19.1 Å². The van der Waals surface area contributed by atoms with E-state index in [2.05, 4.69) is 5.32 Å². The summed E-state index contributed by atoms with van der Waals surface area (Å²) >= 11 is 0. The average Bonchev–Trinajstić information content (AvgIpc) is 2.90. The summed E-state index contributed by atoms with van der Waals surface area (Å²) in [6.45, 7) is 2.45. The normalized spacial score (nSPS) is 26.1. The molecule has 2 aliphatic rings. The quantitative estimate of drug-likeness (QED) is 0.762. The molecule has 1 atom stereocenters. The number of aliphatic hydroxyl groups excluding tert-OH is 1. The molecule has 2 rings (SSSR count). The molecule has 1 aliphatic carbocycles. The van der Waals surface area contributed by atoms with Crippen LogP contribution in [0.2, 0.25) is 0 Å². The fourth-order valence-corrected chi connectivity index (χ4v) is 3.09. The predicted molar refractivity (Wildman–Crippen MR) is 66.6 cm³/mol. The summed E-state index contributed by atoms with van der Waals surface area (Å²) < 4.78 is 0. The molecule has 0 aromatic heterocycles. The highest BCUT2D eigenvalue weighted by Gasteiger charge is 2.31. The van der Waals surface area contributed by atoms with Gasteiger partial charge in [0.1, 0.15) is 0 Å². The van der Waals surface area contributed by atoms with Gasteiger partial charge in [-0.05, 0) is 32.2 Å². The van der Waals surface area contributed by atoms with Gasteiger partial charge in [-0.25, -0.2) is 0 Å². The minimum atomic E-state index is 0.0857. The third kappa shape index (κ3) is 3.19. The minimum absolute atomic E-state index is 0.0857.